The molecule has 2 atom stereocenters. The third-order valence-corrected chi connectivity index (χ3v) is 3.99. The highest BCUT2D eigenvalue weighted by Gasteiger charge is 2.16. The molecular formula is C12H18N2S. The molecule has 1 fully saturated rings. The van der Waals surface area contributed by atoms with Gasteiger partial charge in [-0.3, -0.25) is 4.98 Å². The predicted octanol–water partition coefficient (Wildman–Crippen LogP) is 2.63. The van der Waals surface area contributed by atoms with Crippen molar-refractivity contribution in [2.24, 2.45) is 0 Å². The Hall–Kier alpha value is -0.540. The molecule has 0 saturated carbocycles. The molecule has 1 aromatic rings. The second-order valence-electron chi connectivity index (χ2n) is 4.06. The molecule has 1 N–H and O–H groups in total. The molecule has 2 rings (SSSR count). The first-order valence-electron chi connectivity index (χ1n) is 5.61. The van der Waals surface area contributed by atoms with Crippen LogP contribution in [0.1, 0.15) is 31.5 Å². The Morgan fingerprint density at radius 2 is 2.47 bits per heavy atom. The zero-order valence-electron chi connectivity index (χ0n) is 9.15. The number of pyridine rings is 1. The molecular weight excluding hydrogens is 204 g/mol. The number of aromatic nitrogens is 1. The van der Waals surface area contributed by atoms with E-state index in [-0.39, 0.29) is 0 Å². The minimum Gasteiger partial charge on any atom is -0.305 e. The van der Waals surface area contributed by atoms with E-state index in [2.05, 4.69) is 41.1 Å². The summed E-state index contributed by atoms with van der Waals surface area (Å²) >= 11 is 2.06. The van der Waals surface area contributed by atoms with Gasteiger partial charge in [0.2, 0.25) is 0 Å². The quantitative estimate of drug-likeness (QED) is 0.851. The molecule has 1 aliphatic rings. The molecule has 15 heavy (non-hydrogen) atoms. The molecule has 0 aromatic carbocycles. The first-order valence-corrected chi connectivity index (χ1v) is 6.76. The lowest BCUT2D eigenvalue weighted by Gasteiger charge is -2.26. The highest BCUT2D eigenvalue weighted by Crippen LogP contribution is 2.19. The topological polar surface area (TPSA) is 24.9 Å². The van der Waals surface area contributed by atoms with Crippen molar-refractivity contribution >= 4 is 11.8 Å². The number of thioether (sulfide) groups is 1. The van der Waals surface area contributed by atoms with Crippen LogP contribution in [0.2, 0.25) is 0 Å². The van der Waals surface area contributed by atoms with Crippen LogP contribution in [0.15, 0.2) is 24.4 Å². The van der Waals surface area contributed by atoms with Crippen LogP contribution in [0.3, 0.4) is 0 Å². The van der Waals surface area contributed by atoms with Gasteiger partial charge in [-0.1, -0.05) is 6.07 Å². The monoisotopic (exact) mass is 222 g/mol. The van der Waals surface area contributed by atoms with Crippen LogP contribution in [0.5, 0.6) is 0 Å². The largest absolute Gasteiger partial charge is 0.305 e. The Morgan fingerprint density at radius 3 is 3.13 bits per heavy atom. The van der Waals surface area contributed by atoms with Crippen LogP contribution < -0.4 is 5.32 Å². The molecule has 0 radical (unpaired) electrons. The summed E-state index contributed by atoms with van der Waals surface area (Å²) in [4.78, 5) is 4.37. The molecule has 0 unspecified atom stereocenters. The van der Waals surface area contributed by atoms with Crippen LogP contribution in [0.25, 0.3) is 0 Å². The van der Waals surface area contributed by atoms with Crippen molar-refractivity contribution in [3.05, 3.63) is 30.1 Å². The minimum absolute atomic E-state index is 0.370. The lowest BCUT2D eigenvalue weighted by molar-refractivity contribution is 0.447. The van der Waals surface area contributed by atoms with Gasteiger partial charge in [-0.05, 0) is 37.7 Å². The Morgan fingerprint density at radius 1 is 1.53 bits per heavy atom. The van der Waals surface area contributed by atoms with E-state index < -0.39 is 0 Å². The zero-order chi connectivity index (χ0) is 10.5. The van der Waals surface area contributed by atoms with Gasteiger partial charge in [-0.25, -0.2) is 0 Å². The fraction of sp³-hybridized carbons (Fsp3) is 0.583. The van der Waals surface area contributed by atoms with Gasteiger partial charge in [0.25, 0.3) is 0 Å². The summed E-state index contributed by atoms with van der Waals surface area (Å²) in [6.07, 6.45) is 4.52. The van der Waals surface area contributed by atoms with Crippen molar-refractivity contribution in [2.75, 3.05) is 11.5 Å². The molecule has 0 amide bonds. The molecule has 1 aliphatic heterocycles. The minimum atomic E-state index is 0.370. The maximum Gasteiger partial charge on any atom is 0.0570 e. The molecule has 0 spiro atoms. The van der Waals surface area contributed by atoms with Crippen molar-refractivity contribution in [1.29, 1.82) is 0 Å². The second-order valence-corrected chi connectivity index (χ2v) is 5.21. The van der Waals surface area contributed by atoms with Crippen molar-refractivity contribution in [1.82, 2.24) is 10.3 Å². The molecule has 1 saturated heterocycles. The Balaban J connectivity index is 1.88. The van der Waals surface area contributed by atoms with Crippen LogP contribution in [-0.4, -0.2) is 22.5 Å². The van der Waals surface area contributed by atoms with Crippen LogP contribution in [-0.2, 0) is 0 Å². The van der Waals surface area contributed by atoms with Crippen molar-refractivity contribution < 1.29 is 0 Å². The summed E-state index contributed by atoms with van der Waals surface area (Å²) < 4.78 is 0. The Kier molecular flexibility index (Phi) is 4.03. The summed E-state index contributed by atoms with van der Waals surface area (Å²) in [5.41, 5.74) is 1.15. The van der Waals surface area contributed by atoms with Gasteiger partial charge in [0.05, 0.1) is 5.69 Å². The fourth-order valence-electron chi connectivity index (χ4n) is 1.94. The molecule has 2 heterocycles. The van der Waals surface area contributed by atoms with E-state index >= 15 is 0 Å². The third kappa shape index (κ3) is 3.21. The SMILES string of the molecule is C[C@H](N[C@H]1CCCSC1)c1ccccn1. The summed E-state index contributed by atoms with van der Waals surface area (Å²) in [7, 11) is 0. The maximum absolute atomic E-state index is 4.37. The average molecular weight is 222 g/mol. The van der Waals surface area contributed by atoms with E-state index in [0.717, 1.165) is 5.69 Å². The Bertz CT molecular complexity index is 283. The standard InChI is InChI=1S/C12H18N2S/c1-10(12-6-2-3-7-13-12)14-11-5-4-8-15-9-11/h2-3,6-7,10-11,14H,4-5,8-9H2,1H3/t10-,11-/m0/s1. The van der Waals surface area contributed by atoms with Gasteiger partial charge in [0, 0.05) is 24.0 Å². The van der Waals surface area contributed by atoms with Crippen molar-refractivity contribution in [3.8, 4) is 0 Å². The highest BCUT2D eigenvalue weighted by atomic mass is 32.2. The smallest absolute Gasteiger partial charge is 0.0570 e. The van der Waals surface area contributed by atoms with Crippen LogP contribution in [0, 0.1) is 0 Å². The van der Waals surface area contributed by atoms with Crippen molar-refractivity contribution in [3.63, 3.8) is 0 Å². The van der Waals surface area contributed by atoms with Gasteiger partial charge >= 0.3 is 0 Å². The van der Waals surface area contributed by atoms with E-state index in [9.17, 15) is 0 Å². The third-order valence-electron chi connectivity index (χ3n) is 2.78. The number of nitrogens with zero attached hydrogens (tertiary/aromatic N) is 1. The van der Waals surface area contributed by atoms with E-state index in [1.807, 2.05) is 12.3 Å². The molecule has 2 nitrogen and oxygen atoms in total. The highest BCUT2D eigenvalue weighted by molar-refractivity contribution is 7.99. The summed E-state index contributed by atoms with van der Waals surface area (Å²) in [6.45, 7) is 2.20. The molecule has 1 aromatic heterocycles. The molecule has 0 bridgehead atoms. The normalized spacial score (nSPS) is 23.7. The first-order chi connectivity index (χ1) is 7.36. The second kappa shape index (κ2) is 5.52. The average Bonchev–Trinajstić information content (AvgIpc) is 2.31. The number of nitrogens with one attached hydrogen (secondary N) is 1. The zero-order valence-corrected chi connectivity index (χ0v) is 9.96. The lowest BCUT2D eigenvalue weighted by atomic mass is 10.1. The number of hydrogen-bond acceptors (Lipinski definition) is 3. The lowest BCUT2D eigenvalue weighted by Crippen LogP contribution is -2.35. The van der Waals surface area contributed by atoms with E-state index in [0.29, 0.717) is 12.1 Å². The Labute approximate surface area is 95.9 Å². The molecule has 0 aliphatic carbocycles. The van der Waals surface area contributed by atoms with Gasteiger partial charge in [0.1, 0.15) is 0 Å². The number of rotatable bonds is 3. The van der Waals surface area contributed by atoms with Gasteiger partial charge in [0.15, 0.2) is 0 Å². The van der Waals surface area contributed by atoms with E-state index in [1.165, 1.54) is 24.3 Å². The molecule has 82 valence electrons. The predicted molar refractivity (Wildman–Crippen MR) is 66.1 cm³/mol. The van der Waals surface area contributed by atoms with Gasteiger partial charge < -0.3 is 5.32 Å². The van der Waals surface area contributed by atoms with E-state index in [1.54, 1.807) is 0 Å². The fourth-order valence-corrected chi connectivity index (χ4v) is 3.03. The number of hydrogen-bond donors (Lipinski definition) is 1. The van der Waals surface area contributed by atoms with Gasteiger partial charge in [-0.15, -0.1) is 0 Å². The van der Waals surface area contributed by atoms with E-state index in [4.69, 9.17) is 0 Å². The summed E-state index contributed by atoms with van der Waals surface area (Å²) in [6, 6.07) is 7.15. The maximum atomic E-state index is 4.37. The van der Waals surface area contributed by atoms with Crippen LogP contribution in [0.4, 0.5) is 0 Å². The van der Waals surface area contributed by atoms with Crippen molar-refractivity contribution in [2.45, 2.75) is 31.8 Å². The molecule has 3 heteroatoms. The first kappa shape index (κ1) is 11.0. The van der Waals surface area contributed by atoms with Crippen LogP contribution >= 0.6 is 11.8 Å². The van der Waals surface area contributed by atoms with Gasteiger partial charge in [-0.2, -0.15) is 11.8 Å². The summed E-state index contributed by atoms with van der Waals surface area (Å²) in [5.74, 6) is 2.58. The summed E-state index contributed by atoms with van der Waals surface area (Å²) in [5, 5.41) is 3.65.